The zero-order valence-corrected chi connectivity index (χ0v) is 19.2. The van der Waals surface area contributed by atoms with Crippen LogP contribution in [0, 0.1) is 0 Å². The summed E-state index contributed by atoms with van der Waals surface area (Å²) in [4.78, 5) is 40.4. The first kappa shape index (κ1) is 22.6. The summed E-state index contributed by atoms with van der Waals surface area (Å²) < 4.78 is 0. The van der Waals surface area contributed by atoms with E-state index in [4.69, 9.17) is 0 Å². The number of thiazole rings is 1. The van der Waals surface area contributed by atoms with Crippen molar-refractivity contribution in [2.45, 2.75) is 38.1 Å². The average Bonchev–Trinajstić information content (AvgIpc) is 3.55. The molecule has 3 aromatic heterocycles. The Morgan fingerprint density at radius 1 is 1.09 bits per heavy atom. The van der Waals surface area contributed by atoms with Crippen molar-refractivity contribution in [1.82, 2.24) is 30.6 Å². The van der Waals surface area contributed by atoms with Crippen LogP contribution >= 0.6 is 11.3 Å². The number of aromatic amines is 1. The molecule has 8 nitrogen and oxygen atoms in total. The number of unbranched alkanes of at least 4 members (excludes halogenated alkanes) is 2. The molecule has 0 saturated heterocycles. The van der Waals surface area contributed by atoms with E-state index in [1.165, 1.54) is 11.3 Å². The number of carbonyl (C=O) groups excluding carboxylic acids is 2. The van der Waals surface area contributed by atoms with Gasteiger partial charge >= 0.3 is 0 Å². The lowest BCUT2D eigenvalue weighted by atomic mass is 10.1. The van der Waals surface area contributed by atoms with Crippen molar-refractivity contribution in [3.63, 3.8) is 0 Å². The molecule has 9 heteroatoms. The average molecular weight is 463 g/mol. The number of imidazole rings is 1. The molecule has 1 atom stereocenters. The SMILES string of the molecule is CNC(=O)CCCCC[C@@H](NC(=O)c1cscn1)c1ncc(-c2ccc3ccncc3c2)[nH]1. The Hall–Kier alpha value is -3.59. The minimum absolute atomic E-state index is 0.0460. The van der Waals surface area contributed by atoms with E-state index in [0.29, 0.717) is 24.4 Å². The number of fused-ring (bicyclic) bond motifs is 1. The number of pyridine rings is 1. The van der Waals surface area contributed by atoms with Crippen LogP contribution in [0.25, 0.3) is 22.0 Å². The molecule has 1 aromatic carbocycles. The van der Waals surface area contributed by atoms with Crippen molar-refractivity contribution in [2.75, 3.05) is 7.05 Å². The van der Waals surface area contributed by atoms with Crippen LogP contribution in [-0.4, -0.2) is 38.8 Å². The molecular weight excluding hydrogens is 436 g/mol. The molecule has 0 aliphatic rings. The number of amides is 2. The number of aromatic nitrogens is 4. The second kappa shape index (κ2) is 10.8. The Kier molecular flexibility index (Phi) is 7.41. The predicted octanol–water partition coefficient (Wildman–Crippen LogP) is 4.25. The summed E-state index contributed by atoms with van der Waals surface area (Å²) in [6.07, 6.45) is 9.18. The first-order chi connectivity index (χ1) is 16.1. The van der Waals surface area contributed by atoms with Crippen LogP contribution in [0.4, 0.5) is 0 Å². The second-order valence-electron chi connectivity index (χ2n) is 7.79. The van der Waals surface area contributed by atoms with Gasteiger partial charge in [0.1, 0.15) is 11.5 Å². The smallest absolute Gasteiger partial charge is 0.271 e. The summed E-state index contributed by atoms with van der Waals surface area (Å²) in [5.41, 5.74) is 3.92. The highest BCUT2D eigenvalue weighted by Crippen LogP contribution is 2.25. The lowest BCUT2D eigenvalue weighted by molar-refractivity contribution is -0.120. The summed E-state index contributed by atoms with van der Waals surface area (Å²) in [5.74, 6) is 0.525. The normalized spacial score (nSPS) is 11.9. The molecule has 0 bridgehead atoms. The molecule has 0 saturated carbocycles. The molecule has 170 valence electrons. The molecule has 0 spiro atoms. The van der Waals surface area contributed by atoms with Crippen molar-refractivity contribution in [3.8, 4) is 11.3 Å². The lowest BCUT2D eigenvalue weighted by Gasteiger charge is -2.16. The molecule has 0 radical (unpaired) electrons. The van der Waals surface area contributed by atoms with Gasteiger partial charge in [-0.15, -0.1) is 11.3 Å². The minimum Gasteiger partial charge on any atom is -0.359 e. The minimum atomic E-state index is -0.282. The third-order valence-electron chi connectivity index (χ3n) is 5.52. The third kappa shape index (κ3) is 5.81. The Labute approximate surface area is 195 Å². The van der Waals surface area contributed by atoms with E-state index in [0.717, 1.165) is 41.3 Å². The maximum absolute atomic E-state index is 12.7. The van der Waals surface area contributed by atoms with Gasteiger partial charge in [-0.3, -0.25) is 14.6 Å². The van der Waals surface area contributed by atoms with Crippen LogP contribution in [0.3, 0.4) is 0 Å². The van der Waals surface area contributed by atoms with Crippen LogP contribution in [0.5, 0.6) is 0 Å². The zero-order valence-electron chi connectivity index (χ0n) is 18.4. The summed E-state index contributed by atoms with van der Waals surface area (Å²) in [6.45, 7) is 0. The first-order valence-electron chi connectivity index (χ1n) is 10.9. The van der Waals surface area contributed by atoms with Crippen molar-refractivity contribution in [2.24, 2.45) is 0 Å². The van der Waals surface area contributed by atoms with Gasteiger partial charge in [-0.1, -0.05) is 25.0 Å². The molecule has 33 heavy (non-hydrogen) atoms. The lowest BCUT2D eigenvalue weighted by Crippen LogP contribution is -2.29. The Morgan fingerprint density at radius 3 is 2.82 bits per heavy atom. The first-order valence-corrected chi connectivity index (χ1v) is 11.9. The summed E-state index contributed by atoms with van der Waals surface area (Å²) in [7, 11) is 1.65. The topological polar surface area (TPSA) is 113 Å². The van der Waals surface area contributed by atoms with Crippen molar-refractivity contribution in [3.05, 3.63) is 65.3 Å². The highest BCUT2D eigenvalue weighted by molar-refractivity contribution is 7.07. The Balaban J connectivity index is 1.48. The van der Waals surface area contributed by atoms with E-state index in [2.05, 4.69) is 42.7 Å². The van der Waals surface area contributed by atoms with Crippen LogP contribution in [0.15, 0.2) is 53.7 Å². The highest BCUT2D eigenvalue weighted by atomic mass is 32.1. The summed E-state index contributed by atoms with van der Waals surface area (Å²) in [5, 5.41) is 9.61. The number of hydrogen-bond donors (Lipinski definition) is 3. The Morgan fingerprint density at radius 2 is 2.00 bits per heavy atom. The molecule has 0 aliphatic heterocycles. The van der Waals surface area contributed by atoms with Crippen LogP contribution < -0.4 is 10.6 Å². The highest BCUT2D eigenvalue weighted by Gasteiger charge is 2.20. The maximum atomic E-state index is 12.7. The van der Waals surface area contributed by atoms with E-state index in [-0.39, 0.29) is 17.9 Å². The monoisotopic (exact) mass is 462 g/mol. The molecule has 4 rings (SSSR count). The molecule has 4 aromatic rings. The molecule has 3 heterocycles. The molecule has 0 aliphatic carbocycles. The van der Waals surface area contributed by atoms with E-state index >= 15 is 0 Å². The predicted molar refractivity (Wildman–Crippen MR) is 129 cm³/mol. The number of nitrogens with zero attached hydrogens (tertiary/aromatic N) is 3. The largest absolute Gasteiger partial charge is 0.359 e. The standard InChI is InChI=1S/C24H26N6O2S/c1-25-22(31)6-4-2-3-5-19(30-24(32)21-14-33-15-28-21)23-27-13-20(29-23)17-8-7-16-9-10-26-12-18(16)11-17/h7-15,19H,2-6H2,1H3,(H,25,31)(H,27,29)(H,30,32)/t19-/m1/s1. The fraction of sp³-hybridized carbons (Fsp3) is 0.292. The van der Waals surface area contributed by atoms with Gasteiger partial charge in [0, 0.05) is 42.2 Å². The van der Waals surface area contributed by atoms with E-state index in [1.807, 2.05) is 18.3 Å². The molecule has 3 N–H and O–H groups in total. The van der Waals surface area contributed by atoms with Gasteiger partial charge in [0.15, 0.2) is 0 Å². The van der Waals surface area contributed by atoms with Crippen LogP contribution in [-0.2, 0) is 4.79 Å². The summed E-state index contributed by atoms with van der Waals surface area (Å²) >= 11 is 1.38. The fourth-order valence-electron chi connectivity index (χ4n) is 3.68. The van der Waals surface area contributed by atoms with Crippen molar-refractivity contribution >= 4 is 33.9 Å². The zero-order chi connectivity index (χ0) is 23.0. The van der Waals surface area contributed by atoms with Crippen molar-refractivity contribution < 1.29 is 9.59 Å². The van der Waals surface area contributed by atoms with Gasteiger partial charge in [-0.05, 0) is 30.4 Å². The number of carbonyl (C=O) groups is 2. The maximum Gasteiger partial charge on any atom is 0.271 e. The van der Waals surface area contributed by atoms with E-state index in [1.54, 1.807) is 30.3 Å². The molecule has 0 fully saturated rings. The van der Waals surface area contributed by atoms with Crippen LogP contribution in [0.2, 0.25) is 0 Å². The quantitative estimate of drug-likeness (QED) is 0.305. The molecule has 0 unspecified atom stereocenters. The second-order valence-corrected chi connectivity index (χ2v) is 8.51. The number of H-pyrrole nitrogens is 1. The van der Waals surface area contributed by atoms with E-state index in [9.17, 15) is 9.59 Å². The van der Waals surface area contributed by atoms with Gasteiger partial charge < -0.3 is 15.6 Å². The number of rotatable bonds is 10. The van der Waals surface area contributed by atoms with Gasteiger partial charge in [-0.25, -0.2) is 9.97 Å². The van der Waals surface area contributed by atoms with Gasteiger partial charge in [0.05, 0.1) is 23.4 Å². The molecular formula is C24H26N6O2S. The Bertz CT molecular complexity index is 1220. The van der Waals surface area contributed by atoms with Crippen LogP contribution in [0.1, 0.15) is 54.5 Å². The van der Waals surface area contributed by atoms with Crippen molar-refractivity contribution in [1.29, 1.82) is 0 Å². The van der Waals surface area contributed by atoms with Gasteiger partial charge in [0.25, 0.3) is 5.91 Å². The summed E-state index contributed by atoms with van der Waals surface area (Å²) in [6, 6.07) is 7.87. The molecule has 2 amide bonds. The number of hydrogen-bond acceptors (Lipinski definition) is 6. The number of benzene rings is 1. The van der Waals surface area contributed by atoms with Gasteiger partial charge in [-0.2, -0.15) is 0 Å². The number of nitrogens with one attached hydrogen (secondary N) is 3. The van der Waals surface area contributed by atoms with E-state index < -0.39 is 0 Å². The van der Waals surface area contributed by atoms with Gasteiger partial charge in [0.2, 0.25) is 5.91 Å². The fourth-order valence-corrected chi connectivity index (χ4v) is 4.21. The third-order valence-corrected chi connectivity index (χ3v) is 6.11.